The van der Waals surface area contributed by atoms with Gasteiger partial charge in [0.2, 0.25) is 0 Å². The Labute approximate surface area is 226 Å². The molecule has 0 N–H and O–H groups in total. The van der Waals surface area contributed by atoms with Crippen LogP contribution in [-0.4, -0.2) is 64.4 Å². The van der Waals surface area contributed by atoms with Crippen molar-refractivity contribution in [1.29, 1.82) is 0 Å². The first-order chi connectivity index (χ1) is 17.5. The summed E-state index contributed by atoms with van der Waals surface area (Å²) in [5.41, 5.74) is 3.23. The van der Waals surface area contributed by atoms with Crippen molar-refractivity contribution >= 4 is 59.6 Å². The molecule has 0 amide bonds. The average Bonchev–Trinajstić information content (AvgIpc) is 3.20. The van der Waals surface area contributed by atoms with Gasteiger partial charge in [0.15, 0.2) is 0 Å². The maximum atomic E-state index is 12.7. The number of rotatable bonds is 12. The molecule has 4 rings (SSSR count). The maximum absolute atomic E-state index is 12.7. The van der Waals surface area contributed by atoms with Crippen molar-refractivity contribution in [3.8, 4) is 11.4 Å². The lowest BCUT2D eigenvalue weighted by Gasteiger charge is -2.14. The molecule has 0 saturated carbocycles. The first-order valence-electron chi connectivity index (χ1n) is 11.4. The minimum atomic E-state index is -0.467. The SMILES string of the molecule is COCCOCCOCCOc1ccc(-n2c3ccc(Br)cc3c3cc(Br)ccc32)cc1C(=O)OC. The monoisotopic (exact) mass is 619 g/mol. The zero-order chi connectivity index (χ0) is 25.5. The zero-order valence-corrected chi connectivity index (χ0v) is 23.3. The second-order valence-corrected chi connectivity index (χ2v) is 9.73. The van der Waals surface area contributed by atoms with Gasteiger partial charge in [-0.3, -0.25) is 0 Å². The molecule has 9 heteroatoms. The van der Waals surface area contributed by atoms with Crippen LogP contribution in [0.2, 0.25) is 0 Å². The van der Waals surface area contributed by atoms with Gasteiger partial charge in [-0.25, -0.2) is 4.79 Å². The zero-order valence-electron chi connectivity index (χ0n) is 20.1. The molecule has 0 aliphatic rings. The average molecular weight is 621 g/mol. The van der Waals surface area contributed by atoms with E-state index in [0.29, 0.717) is 51.0 Å². The number of benzene rings is 3. The molecule has 0 aliphatic carbocycles. The van der Waals surface area contributed by atoms with E-state index >= 15 is 0 Å². The maximum Gasteiger partial charge on any atom is 0.341 e. The highest BCUT2D eigenvalue weighted by Crippen LogP contribution is 2.36. The van der Waals surface area contributed by atoms with Crippen LogP contribution in [-0.2, 0) is 18.9 Å². The summed E-state index contributed by atoms with van der Waals surface area (Å²) in [5.74, 6) is -0.0256. The van der Waals surface area contributed by atoms with Crippen LogP contribution in [0.3, 0.4) is 0 Å². The minimum Gasteiger partial charge on any atom is -0.490 e. The van der Waals surface area contributed by atoms with Crippen molar-refractivity contribution in [2.24, 2.45) is 0 Å². The largest absolute Gasteiger partial charge is 0.490 e. The van der Waals surface area contributed by atoms with Gasteiger partial charge in [0, 0.05) is 32.5 Å². The third-order valence-corrected chi connectivity index (χ3v) is 6.59. The van der Waals surface area contributed by atoms with Gasteiger partial charge in [-0.15, -0.1) is 0 Å². The van der Waals surface area contributed by atoms with E-state index in [9.17, 15) is 4.79 Å². The van der Waals surface area contributed by atoms with Gasteiger partial charge in [0.1, 0.15) is 17.9 Å². The van der Waals surface area contributed by atoms with Gasteiger partial charge in [0.05, 0.1) is 51.2 Å². The number of nitrogens with zero attached hydrogens (tertiary/aromatic N) is 1. The van der Waals surface area contributed by atoms with Gasteiger partial charge in [-0.1, -0.05) is 31.9 Å². The molecule has 0 saturated heterocycles. The highest BCUT2D eigenvalue weighted by Gasteiger charge is 2.18. The number of esters is 1. The molecule has 0 spiro atoms. The second kappa shape index (κ2) is 12.7. The van der Waals surface area contributed by atoms with E-state index in [2.05, 4.69) is 60.7 Å². The van der Waals surface area contributed by atoms with Crippen LogP contribution in [0, 0.1) is 0 Å². The Balaban J connectivity index is 1.57. The van der Waals surface area contributed by atoms with E-state index in [1.807, 2.05) is 18.2 Å². The molecule has 7 nitrogen and oxygen atoms in total. The first kappa shape index (κ1) is 26.6. The third-order valence-electron chi connectivity index (χ3n) is 5.60. The Morgan fingerprint density at radius 1 is 0.750 bits per heavy atom. The second-order valence-electron chi connectivity index (χ2n) is 7.90. The number of carbonyl (C=O) groups is 1. The molecule has 0 atom stereocenters. The molecule has 0 fully saturated rings. The summed E-state index contributed by atoms with van der Waals surface area (Å²) >= 11 is 7.17. The summed E-state index contributed by atoms with van der Waals surface area (Å²) in [4.78, 5) is 12.7. The van der Waals surface area contributed by atoms with Crippen molar-refractivity contribution in [1.82, 2.24) is 4.57 Å². The molecule has 1 heterocycles. The van der Waals surface area contributed by atoms with Gasteiger partial charge >= 0.3 is 5.97 Å². The third kappa shape index (κ3) is 6.10. The molecule has 0 radical (unpaired) electrons. The van der Waals surface area contributed by atoms with Crippen molar-refractivity contribution < 1.29 is 28.5 Å². The molecule has 1 aromatic heterocycles. The fourth-order valence-corrected chi connectivity index (χ4v) is 4.70. The molecule has 3 aromatic carbocycles. The molecule has 4 aromatic rings. The fourth-order valence-electron chi connectivity index (χ4n) is 3.97. The predicted molar refractivity (Wildman–Crippen MR) is 147 cm³/mol. The summed E-state index contributed by atoms with van der Waals surface area (Å²) in [6.45, 7) is 2.68. The van der Waals surface area contributed by atoms with Crippen molar-refractivity contribution in [3.05, 3.63) is 69.1 Å². The molecule has 0 bridgehead atoms. The summed E-state index contributed by atoms with van der Waals surface area (Å²) < 4.78 is 30.9. The smallest absolute Gasteiger partial charge is 0.341 e. The number of fused-ring (bicyclic) bond motifs is 3. The highest BCUT2D eigenvalue weighted by molar-refractivity contribution is 9.10. The van der Waals surface area contributed by atoms with E-state index in [-0.39, 0.29) is 0 Å². The van der Waals surface area contributed by atoms with Gasteiger partial charge in [-0.2, -0.15) is 0 Å². The van der Waals surface area contributed by atoms with E-state index in [1.54, 1.807) is 19.2 Å². The van der Waals surface area contributed by atoms with Crippen LogP contribution < -0.4 is 4.74 Å². The van der Waals surface area contributed by atoms with Crippen LogP contribution in [0.1, 0.15) is 10.4 Å². The van der Waals surface area contributed by atoms with Gasteiger partial charge in [0.25, 0.3) is 0 Å². The number of carbonyl (C=O) groups excluding carboxylic acids is 1. The Kier molecular flexibility index (Phi) is 9.39. The van der Waals surface area contributed by atoms with E-state index < -0.39 is 5.97 Å². The number of hydrogen-bond acceptors (Lipinski definition) is 6. The topological polar surface area (TPSA) is 68.2 Å². The molecule has 0 aliphatic heterocycles. The standard InChI is InChI=1S/C27H27Br2NO6/c1-32-9-10-34-11-12-35-13-14-36-26-8-5-20(17-23(26)27(31)33-2)30-24-6-3-18(28)15-21(24)22-16-19(29)4-7-25(22)30/h3-8,15-17H,9-14H2,1-2H3. The minimum absolute atomic E-state index is 0.291. The van der Waals surface area contributed by atoms with E-state index in [1.165, 1.54) is 7.11 Å². The van der Waals surface area contributed by atoms with Crippen LogP contribution >= 0.6 is 31.9 Å². The predicted octanol–water partition coefficient (Wildman–Crippen LogP) is 6.15. The van der Waals surface area contributed by atoms with E-state index in [4.69, 9.17) is 23.7 Å². The van der Waals surface area contributed by atoms with Crippen LogP contribution in [0.4, 0.5) is 0 Å². The van der Waals surface area contributed by atoms with Crippen molar-refractivity contribution in [3.63, 3.8) is 0 Å². The van der Waals surface area contributed by atoms with Crippen molar-refractivity contribution in [2.75, 3.05) is 53.9 Å². The number of methoxy groups -OCH3 is 2. The normalized spacial score (nSPS) is 11.3. The summed E-state index contributed by atoms with van der Waals surface area (Å²) in [6, 6.07) is 17.9. The Bertz CT molecular complexity index is 1290. The van der Waals surface area contributed by atoms with Gasteiger partial charge < -0.3 is 28.3 Å². The lowest BCUT2D eigenvalue weighted by Crippen LogP contribution is -2.14. The molecular weight excluding hydrogens is 594 g/mol. The number of hydrogen-bond donors (Lipinski definition) is 0. The summed E-state index contributed by atoms with van der Waals surface area (Å²) in [5, 5.41) is 2.20. The molecule has 190 valence electrons. The molecule has 36 heavy (non-hydrogen) atoms. The number of halogens is 2. The molecule has 0 unspecified atom stereocenters. The van der Waals surface area contributed by atoms with Crippen LogP contribution in [0.5, 0.6) is 5.75 Å². The lowest BCUT2D eigenvalue weighted by atomic mass is 10.1. The number of ether oxygens (including phenoxy) is 5. The Morgan fingerprint density at radius 3 is 1.92 bits per heavy atom. The Hall–Kier alpha value is -2.43. The summed E-state index contributed by atoms with van der Waals surface area (Å²) in [7, 11) is 2.99. The fraction of sp³-hybridized carbons (Fsp3) is 0.296. The highest BCUT2D eigenvalue weighted by atomic mass is 79.9. The Morgan fingerprint density at radius 2 is 1.33 bits per heavy atom. The van der Waals surface area contributed by atoms with Crippen molar-refractivity contribution in [2.45, 2.75) is 0 Å². The lowest BCUT2D eigenvalue weighted by molar-refractivity contribution is 0.0178. The van der Waals surface area contributed by atoms with Gasteiger partial charge in [-0.05, 0) is 54.6 Å². The molecular formula is C27H27Br2NO6. The first-order valence-corrected chi connectivity index (χ1v) is 13.0. The summed E-state index contributed by atoms with van der Waals surface area (Å²) in [6.07, 6.45) is 0. The van der Waals surface area contributed by atoms with Crippen LogP contribution in [0.25, 0.3) is 27.5 Å². The quantitative estimate of drug-likeness (QED) is 0.140. The van der Waals surface area contributed by atoms with E-state index in [0.717, 1.165) is 36.4 Å². The number of aromatic nitrogens is 1. The van der Waals surface area contributed by atoms with Crippen LogP contribution in [0.15, 0.2) is 63.5 Å².